The van der Waals surface area contributed by atoms with E-state index in [1.807, 2.05) is 6.07 Å². The second kappa shape index (κ2) is 6.13. The van der Waals surface area contributed by atoms with Crippen LogP contribution in [0.3, 0.4) is 0 Å². The summed E-state index contributed by atoms with van der Waals surface area (Å²) in [5.74, 6) is 1.61. The zero-order valence-electron chi connectivity index (χ0n) is 11.8. The lowest BCUT2D eigenvalue weighted by atomic mass is 9.95. The van der Waals surface area contributed by atoms with E-state index >= 15 is 0 Å². The van der Waals surface area contributed by atoms with Crippen LogP contribution in [0.2, 0.25) is 10.0 Å². The molecule has 1 aliphatic carbocycles. The van der Waals surface area contributed by atoms with Crippen LogP contribution in [0.25, 0.3) is 0 Å². The van der Waals surface area contributed by atoms with Crippen molar-refractivity contribution >= 4 is 23.2 Å². The largest absolute Gasteiger partial charge is 0.492 e. The van der Waals surface area contributed by atoms with Gasteiger partial charge < -0.3 is 10.1 Å². The smallest absolute Gasteiger partial charge is 0.142 e. The van der Waals surface area contributed by atoms with E-state index in [0.29, 0.717) is 28.7 Å². The van der Waals surface area contributed by atoms with Gasteiger partial charge in [0.2, 0.25) is 0 Å². The summed E-state index contributed by atoms with van der Waals surface area (Å²) >= 11 is 12.4. The Hall–Kier alpha value is -0.440. The molecule has 1 unspecified atom stereocenters. The summed E-state index contributed by atoms with van der Waals surface area (Å²) in [5, 5.41) is 5.07. The molecule has 2 nitrogen and oxygen atoms in total. The van der Waals surface area contributed by atoms with Crippen LogP contribution in [0.1, 0.15) is 50.6 Å². The third-order valence-corrected chi connectivity index (χ3v) is 5.14. The molecule has 1 saturated carbocycles. The maximum atomic E-state index is 6.24. The lowest BCUT2D eigenvalue weighted by molar-refractivity contribution is 0.233. The Morgan fingerprint density at radius 3 is 2.70 bits per heavy atom. The molecule has 20 heavy (non-hydrogen) atoms. The molecule has 4 heteroatoms. The van der Waals surface area contributed by atoms with Crippen molar-refractivity contribution in [2.45, 2.75) is 51.1 Å². The van der Waals surface area contributed by atoms with Crippen LogP contribution in [-0.2, 0) is 0 Å². The van der Waals surface area contributed by atoms with E-state index < -0.39 is 0 Å². The molecule has 1 N–H and O–H groups in total. The first-order valence-corrected chi connectivity index (χ1v) is 8.28. The normalized spacial score (nSPS) is 24.2. The maximum Gasteiger partial charge on any atom is 0.142 e. The SMILES string of the molecule is C[C@H](NC1CCOc2c(Cl)cc(Cl)cc21)C1CCCC1. The molecule has 0 bridgehead atoms. The first-order valence-electron chi connectivity index (χ1n) is 7.53. The third-order valence-electron chi connectivity index (χ3n) is 4.64. The molecule has 3 rings (SSSR count). The summed E-state index contributed by atoms with van der Waals surface area (Å²) in [6.07, 6.45) is 6.42. The van der Waals surface area contributed by atoms with E-state index in [0.717, 1.165) is 23.7 Å². The van der Waals surface area contributed by atoms with Gasteiger partial charge in [0, 0.05) is 29.1 Å². The Kier molecular flexibility index (Phi) is 4.44. The van der Waals surface area contributed by atoms with Gasteiger partial charge in [-0.3, -0.25) is 0 Å². The molecular formula is C16H21Cl2NO. The highest BCUT2D eigenvalue weighted by molar-refractivity contribution is 6.35. The van der Waals surface area contributed by atoms with Crippen molar-refractivity contribution in [1.29, 1.82) is 0 Å². The van der Waals surface area contributed by atoms with Gasteiger partial charge >= 0.3 is 0 Å². The van der Waals surface area contributed by atoms with Crippen LogP contribution in [0.5, 0.6) is 5.75 Å². The zero-order valence-corrected chi connectivity index (χ0v) is 13.3. The summed E-state index contributed by atoms with van der Waals surface area (Å²) in [6.45, 7) is 3.01. The van der Waals surface area contributed by atoms with Crippen molar-refractivity contribution in [3.8, 4) is 5.75 Å². The monoisotopic (exact) mass is 313 g/mol. The first-order chi connectivity index (χ1) is 9.65. The Morgan fingerprint density at radius 1 is 1.20 bits per heavy atom. The molecule has 0 spiro atoms. The minimum atomic E-state index is 0.297. The van der Waals surface area contributed by atoms with Gasteiger partial charge in [-0.05, 0) is 37.8 Å². The number of ether oxygens (including phenoxy) is 1. The van der Waals surface area contributed by atoms with Crippen molar-refractivity contribution in [3.63, 3.8) is 0 Å². The summed E-state index contributed by atoms with van der Waals surface area (Å²) < 4.78 is 5.72. The molecule has 0 amide bonds. The minimum absolute atomic E-state index is 0.297. The molecule has 2 aliphatic rings. The molecule has 110 valence electrons. The summed E-state index contributed by atoms with van der Waals surface area (Å²) in [6, 6.07) is 4.57. The van der Waals surface area contributed by atoms with Gasteiger partial charge in [-0.1, -0.05) is 36.0 Å². The second-order valence-corrected chi connectivity index (χ2v) is 6.84. The fourth-order valence-corrected chi connectivity index (χ4v) is 4.07. The van der Waals surface area contributed by atoms with E-state index in [1.165, 1.54) is 25.7 Å². The fourth-order valence-electron chi connectivity index (χ4n) is 3.51. The fraction of sp³-hybridized carbons (Fsp3) is 0.625. The van der Waals surface area contributed by atoms with Gasteiger partial charge in [0.15, 0.2) is 0 Å². The molecule has 0 saturated heterocycles. The predicted molar refractivity (Wildman–Crippen MR) is 83.9 cm³/mol. The predicted octanol–water partition coefficient (Wildman–Crippen LogP) is 4.99. The molecule has 1 aliphatic heterocycles. The van der Waals surface area contributed by atoms with E-state index in [4.69, 9.17) is 27.9 Å². The van der Waals surface area contributed by atoms with Gasteiger partial charge in [0.05, 0.1) is 11.6 Å². The van der Waals surface area contributed by atoms with Crippen LogP contribution in [0, 0.1) is 5.92 Å². The number of nitrogens with one attached hydrogen (secondary N) is 1. The van der Waals surface area contributed by atoms with Crippen LogP contribution >= 0.6 is 23.2 Å². The lowest BCUT2D eigenvalue weighted by Gasteiger charge is -2.32. The number of benzene rings is 1. The van der Waals surface area contributed by atoms with Crippen LogP contribution in [-0.4, -0.2) is 12.6 Å². The zero-order chi connectivity index (χ0) is 14.1. The van der Waals surface area contributed by atoms with Gasteiger partial charge in [-0.2, -0.15) is 0 Å². The highest BCUT2D eigenvalue weighted by Crippen LogP contribution is 2.40. The summed E-state index contributed by atoms with van der Waals surface area (Å²) in [5.41, 5.74) is 1.11. The highest BCUT2D eigenvalue weighted by atomic mass is 35.5. The van der Waals surface area contributed by atoms with Crippen LogP contribution < -0.4 is 10.1 Å². The third kappa shape index (κ3) is 2.93. The summed E-state index contributed by atoms with van der Waals surface area (Å²) in [4.78, 5) is 0. The molecule has 1 heterocycles. The molecule has 0 radical (unpaired) electrons. The van der Waals surface area contributed by atoms with Crippen molar-refractivity contribution in [3.05, 3.63) is 27.7 Å². The van der Waals surface area contributed by atoms with Crippen molar-refractivity contribution in [1.82, 2.24) is 5.32 Å². The molecule has 2 atom stereocenters. The Balaban J connectivity index is 1.79. The van der Waals surface area contributed by atoms with E-state index in [-0.39, 0.29) is 0 Å². The average molecular weight is 314 g/mol. The molecule has 0 aromatic heterocycles. The van der Waals surface area contributed by atoms with Gasteiger partial charge in [0.1, 0.15) is 5.75 Å². The lowest BCUT2D eigenvalue weighted by Crippen LogP contribution is -2.37. The summed E-state index contributed by atoms with van der Waals surface area (Å²) in [7, 11) is 0. The van der Waals surface area contributed by atoms with E-state index in [9.17, 15) is 0 Å². The van der Waals surface area contributed by atoms with E-state index in [1.54, 1.807) is 6.07 Å². The average Bonchev–Trinajstić information content (AvgIpc) is 2.93. The topological polar surface area (TPSA) is 21.3 Å². The number of rotatable bonds is 3. The van der Waals surface area contributed by atoms with Crippen molar-refractivity contribution < 1.29 is 4.74 Å². The second-order valence-electron chi connectivity index (χ2n) is 6.00. The minimum Gasteiger partial charge on any atom is -0.492 e. The highest BCUT2D eigenvalue weighted by Gasteiger charge is 2.28. The molecule has 1 aromatic rings. The molecule has 1 aromatic carbocycles. The standard InChI is InChI=1S/C16H21Cl2NO/c1-10(11-4-2-3-5-11)19-15-6-7-20-16-13(15)8-12(17)9-14(16)18/h8-11,15,19H,2-7H2,1H3/t10-,15?/m0/s1. The van der Waals surface area contributed by atoms with Crippen molar-refractivity contribution in [2.24, 2.45) is 5.92 Å². The van der Waals surface area contributed by atoms with Crippen LogP contribution in [0.4, 0.5) is 0 Å². The number of fused-ring (bicyclic) bond motifs is 1. The Labute approximate surface area is 130 Å². The van der Waals surface area contributed by atoms with Gasteiger partial charge in [-0.15, -0.1) is 0 Å². The molecular weight excluding hydrogens is 293 g/mol. The molecule has 1 fully saturated rings. The van der Waals surface area contributed by atoms with E-state index in [2.05, 4.69) is 12.2 Å². The number of hydrogen-bond acceptors (Lipinski definition) is 2. The Morgan fingerprint density at radius 2 is 1.95 bits per heavy atom. The maximum absolute atomic E-state index is 6.24. The van der Waals surface area contributed by atoms with Gasteiger partial charge in [-0.25, -0.2) is 0 Å². The number of hydrogen-bond donors (Lipinski definition) is 1. The van der Waals surface area contributed by atoms with Crippen molar-refractivity contribution in [2.75, 3.05) is 6.61 Å². The number of halogens is 2. The van der Waals surface area contributed by atoms with Gasteiger partial charge in [0.25, 0.3) is 0 Å². The Bertz CT molecular complexity index is 486. The van der Waals surface area contributed by atoms with Crippen LogP contribution in [0.15, 0.2) is 12.1 Å². The first kappa shape index (κ1) is 14.5. The quantitative estimate of drug-likeness (QED) is 0.849.